The molecule has 0 saturated heterocycles. The second kappa shape index (κ2) is 4.95. The van der Waals surface area contributed by atoms with E-state index in [2.05, 4.69) is 60.8 Å². The summed E-state index contributed by atoms with van der Waals surface area (Å²) < 4.78 is 0. The van der Waals surface area contributed by atoms with Gasteiger partial charge in [0.25, 0.3) is 0 Å². The number of hydrogen-bond acceptors (Lipinski definition) is 1. The van der Waals surface area contributed by atoms with Crippen molar-refractivity contribution in [3.8, 4) is 11.1 Å². The lowest BCUT2D eigenvalue weighted by Crippen LogP contribution is -2.15. The van der Waals surface area contributed by atoms with Crippen molar-refractivity contribution < 1.29 is 0 Å². The molecule has 2 aromatic rings. The van der Waals surface area contributed by atoms with Gasteiger partial charge in [0.2, 0.25) is 0 Å². The monoisotopic (exact) mass is 237 g/mol. The van der Waals surface area contributed by atoms with Crippen LogP contribution >= 0.6 is 0 Å². The first-order chi connectivity index (χ1) is 8.83. The molecular weight excluding hydrogens is 218 g/mol. The molecule has 0 heterocycles. The third-order valence-corrected chi connectivity index (χ3v) is 3.54. The molecule has 18 heavy (non-hydrogen) atoms. The fraction of sp³-hybridized carbons (Fsp3) is 0.294. The van der Waals surface area contributed by atoms with Crippen molar-refractivity contribution in [2.24, 2.45) is 0 Å². The number of rotatable bonds is 4. The van der Waals surface area contributed by atoms with E-state index in [-0.39, 0.29) is 0 Å². The molecule has 92 valence electrons. The van der Waals surface area contributed by atoms with E-state index >= 15 is 0 Å². The zero-order valence-corrected chi connectivity index (χ0v) is 10.8. The average Bonchev–Trinajstić information content (AvgIpc) is 3.22. The quantitative estimate of drug-likeness (QED) is 0.850. The normalized spacial score (nSPS) is 14.7. The molecule has 2 aromatic carbocycles. The molecular formula is C17H19N. The Kier molecular flexibility index (Phi) is 3.16. The Morgan fingerprint density at radius 2 is 1.72 bits per heavy atom. The molecule has 0 unspecified atom stereocenters. The fourth-order valence-corrected chi connectivity index (χ4v) is 2.23. The SMILES string of the molecule is Cc1ccc(-c2ccccc2CNC2CC2)cc1. The zero-order chi connectivity index (χ0) is 12.4. The maximum Gasteiger partial charge on any atom is 0.0214 e. The first kappa shape index (κ1) is 11.5. The van der Waals surface area contributed by atoms with Gasteiger partial charge in [-0.3, -0.25) is 0 Å². The maximum absolute atomic E-state index is 3.59. The molecule has 1 fully saturated rings. The van der Waals surface area contributed by atoms with Gasteiger partial charge in [-0.05, 0) is 36.5 Å². The third-order valence-electron chi connectivity index (χ3n) is 3.54. The first-order valence-corrected chi connectivity index (χ1v) is 6.71. The molecule has 0 radical (unpaired) electrons. The van der Waals surface area contributed by atoms with Crippen LogP contribution in [0.25, 0.3) is 11.1 Å². The molecule has 1 aliphatic rings. The Bertz CT molecular complexity index is 524. The highest BCUT2D eigenvalue weighted by Gasteiger charge is 2.20. The molecule has 0 amide bonds. The van der Waals surface area contributed by atoms with Crippen LogP contribution in [0.5, 0.6) is 0 Å². The summed E-state index contributed by atoms with van der Waals surface area (Å²) in [5, 5.41) is 3.59. The van der Waals surface area contributed by atoms with E-state index in [1.54, 1.807) is 0 Å². The Hall–Kier alpha value is -1.60. The predicted molar refractivity (Wildman–Crippen MR) is 76.5 cm³/mol. The number of hydrogen-bond donors (Lipinski definition) is 1. The smallest absolute Gasteiger partial charge is 0.0214 e. The van der Waals surface area contributed by atoms with Crippen molar-refractivity contribution in [3.63, 3.8) is 0 Å². The summed E-state index contributed by atoms with van der Waals surface area (Å²) >= 11 is 0. The van der Waals surface area contributed by atoms with Gasteiger partial charge in [0.15, 0.2) is 0 Å². The van der Waals surface area contributed by atoms with Crippen molar-refractivity contribution in [3.05, 3.63) is 59.7 Å². The van der Waals surface area contributed by atoms with Crippen molar-refractivity contribution in [1.29, 1.82) is 0 Å². The van der Waals surface area contributed by atoms with E-state index in [0.29, 0.717) is 0 Å². The van der Waals surface area contributed by atoms with Gasteiger partial charge in [0, 0.05) is 12.6 Å². The van der Waals surface area contributed by atoms with Crippen molar-refractivity contribution in [2.45, 2.75) is 32.4 Å². The Labute approximate surface area is 109 Å². The van der Waals surface area contributed by atoms with Gasteiger partial charge >= 0.3 is 0 Å². The fourth-order valence-electron chi connectivity index (χ4n) is 2.23. The van der Waals surface area contributed by atoms with Gasteiger partial charge in [-0.15, -0.1) is 0 Å². The molecule has 3 rings (SSSR count). The van der Waals surface area contributed by atoms with Crippen LogP contribution in [0.1, 0.15) is 24.0 Å². The van der Waals surface area contributed by atoms with Crippen LogP contribution in [0, 0.1) is 6.92 Å². The number of benzene rings is 2. The minimum absolute atomic E-state index is 0.760. The molecule has 1 N–H and O–H groups in total. The van der Waals surface area contributed by atoms with Crippen molar-refractivity contribution in [1.82, 2.24) is 5.32 Å². The summed E-state index contributed by atoms with van der Waals surface area (Å²) in [5.41, 5.74) is 5.38. The summed E-state index contributed by atoms with van der Waals surface area (Å²) in [5.74, 6) is 0. The van der Waals surface area contributed by atoms with Crippen LogP contribution in [0.3, 0.4) is 0 Å². The third kappa shape index (κ3) is 2.62. The van der Waals surface area contributed by atoms with Crippen molar-refractivity contribution >= 4 is 0 Å². The topological polar surface area (TPSA) is 12.0 Å². The van der Waals surface area contributed by atoms with Gasteiger partial charge in [0.05, 0.1) is 0 Å². The summed E-state index contributed by atoms with van der Waals surface area (Å²) in [6, 6.07) is 18.2. The molecule has 1 heteroatoms. The molecule has 0 spiro atoms. The summed E-state index contributed by atoms with van der Waals surface area (Å²) in [4.78, 5) is 0. The first-order valence-electron chi connectivity index (χ1n) is 6.71. The largest absolute Gasteiger partial charge is 0.310 e. The van der Waals surface area contributed by atoms with Gasteiger partial charge in [-0.2, -0.15) is 0 Å². The van der Waals surface area contributed by atoms with Gasteiger partial charge in [-0.25, -0.2) is 0 Å². The van der Waals surface area contributed by atoms with Gasteiger partial charge in [0.1, 0.15) is 0 Å². The van der Waals surface area contributed by atoms with E-state index in [1.807, 2.05) is 0 Å². The molecule has 1 aliphatic carbocycles. The lowest BCUT2D eigenvalue weighted by molar-refractivity contribution is 0.689. The standard InChI is InChI=1S/C17H19N/c1-13-6-8-14(9-7-13)17-5-3-2-4-15(17)12-18-16-10-11-16/h2-9,16,18H,10-12H2,1H3. The molecule has 0 bridgehead atoms. The molecule has 1 nitrogen and oxygen atoms in total. The zero-order valence-electron chi connectivity index (χ0n) is 10.8. The van der Waals surface area contributed by atoms with Crippen LogP contribution in [0.15, 0.2) is 48.5 Å². The number of nitrogens with one attached hydrogen (secondary N) is 1. The van der Waals surface area contributed by atoms with E-state index in [9.17, 15) is 0 Å². The van der Waals surface area contributed by atoms with E-state index in [1.165, 1.54) is 35.1 Å². The van der Waals surface area contributed by atoms with E-state index in [4.69, 9.17) is 0 Å². The minimum atomic E-state index is 0.760. The highest BCUT2D eigenvalue weighted by atomic mass is 14.9. The number of aryl methyl sites for hydroxylation is 1. The maximum atomic E-state index is 3.59. The average molecular weight is 237 g/mol. The second-order valence-electron chi connectivity index (χ2n) is 5.18. The molecule has 1 saturated carbocycles. The van der Waals surface area contributed by atoms with Gasteiger partial charge < -0.3 is 5.32 Å². The predicted octanol–water partition coefficient (Wildman–Crippen LogP) is 3.91. The summed E-state index contributed by atoms with van der Waals surface area (Å²) in [6.45, 7) is 3.11. The van der Waals surface area contributed by atoms with Crippen LogP contribution < -0.4 is 5.32 Å². The second-order valence-corrected chi connectivity index (χ2v) is 5.18. The van der Waals surface area contributed by atoms with Crippen LogP contribution in [0.4, 0.5) is 0 Å². The van der Waals surface area contributed by atoms with Gasteiger partial charge in [-0.1, -0.05) is 54.1 Å². The lowest BCUT2D eigenvalue weighted by Gasteiger charge is -2.10. The lowest BCUT2D eigenvalue weighted by atomic mass is 9.99. The Morgan fingerprint density at radius 3 is 2.44 bits per heavy atom. The highest BCUT2D eigenvalue weighted by molar-refractivity contribution is 5.67. The highest BCUT2D eigenvalue weighted by Crippen LogP contribution is 2.25. The minimum Gasteiger partial charge on any atom is -0.310 e. The van der Waals surface area contributed by atoms with E-state index in [0.717, 1.165) is 12.6 Å². The van der Waals surface area contributed by atoms with E-state index < -0.39 is 0 Å². The summed E-state index contributed by atoms with van der Waals surface area (Å²) in [6.07, 6.45) is 2.68. The summed E-state index contributed by atoms with van der Waals surface area (Å²) in [7, 11) is 0. The molecule has 0 atom stereocenters. The van der Waals surface area contributed by atoms with Crippen molar-refractivity contribution in [2.75, 3.05) is 0 Å². The van der Waals surface area contributed by atoms with Crippen LogP contribution in [-0.4, -0.2) is 6.04 Å². The Morgan fingerprint density at radius 1 is 1.00 bits per heavy atom. The molecule has 0 aliphatic heterocycles. The molecule has 0 aromatic heterocycles. The van der Waals surface area contributed by atoms with Crippen LogP contribution in [0.2, 0.25) is 0 Å². The van der Waals surface area contributed by atoms with Crippen LogP contribution in [-0.2, 0) is 6.54 Å². The Balaban J connectivity index is 1.87.